The number of esters is 2. The van der Waals surface area contributed by atoms with Crippen molar-refractivity contribution in [1.82, 2.24) is 0 Å². The summed E-state index contributed by atoms with van der Waals surface area (Å²) in [6.45, 7) is 4.04. The minimum Gasteiger partial charge on any atom is -0.472 e. The van der Waals surface area contributed by atoms with E-state index in [9.17, 15) is 14.7 Å². The number of carbonyl (C=O) groups is 2. The van der Waals surface area contributed by atoms with Gasteiger partial charge in [-0.15, -0.1) is 0 Å². The number of hydrogen-bond donors (Lipinski definition) is 1. The quantitative estimate of drug-likeness (QED) is 0.613. The third kappa shape index (κ3) is 1.71. The van der Waals surface area contributed by atoms with Gasteiger partial charge in [0.05, 0.1) is 18.4 Å². The Balaban J connectivity index is 1.61. The first-order valence-corrected chi connectivity index (χ1v) is 9.15. The molecule has 1 saturated carbocycles. The van der Waals surface area contributed by atoms with Gasteiger partial charge >= 0.3 is 11.9 Å². The lowest BCUT2D eigenvalue weighted by molar-refractivity contribution is -0.259. The summed E-state index contributed by atoms with van der Waals surface area (Å²) >= 11 is 0. The Hall–Kier alpha value is -2.08. The van der Waals surface area contributed by atoms with Crippen molar-refractivity contribution >= 4 is 11.9 Å². The highest BCUT2D eigenvalue weighted by Crippen LogP contribution is 2.67. The molecule has 6 rings (SSSR count). The number of hydrogen-bond acceptors (Lipinski definition) is 6. The molecular formula is C20H22O6. The van der Waals surface area contributed by atoms with E-state index < -0.39 is 28.5 Å². The van der Waals surface area contributed by atoms with Crippen molar-refractivity contribution in [3.8, 4) is 0 Å². The topological polar surface area (TPSA) is 86.0 Å². The highest BCUT2D eigenvalue weighted by molar-refractivity contribution is 5.86. The van der Waals surface area contributed by atoms with Crippen molar-refractivity contribution < 1.29 is 28.6 Å². The van der Waals surface area contributed by atoms with Crippen LogP contribution < -0.4 is 0 Å². The van der Waals surface area contributed by atoms with Crippen LogP contribution >= 0.6 is 0 Å². The molecule has 0 amide bonds. The fraction of sp³-hybridized carbons (Fsp3) is 0.600. The van der Waals surface area contributed by atoms with Crippen LogP contribution in [0.4, 0.5) is 0 Å². The smallest absolute Gasteiger partial charge is 0.343 e. The predicted molar refractivity (Wildman–Crippen MR) is 88.6 cm³/mol. The highest BCUT2D eigenvalue weighted by Gasteiger charge is 2.72. The van der Waals surface area contributed by atoms with E-state index in [2.05, 4.69) is 6.92 Å². The van der Waals surface area contributed by atoms with Crippen LogP contribution in [0.25, 0.3) is 0 Å². The molecule has 3 aliphatic heterocycles. The minimum absolute atomic E-state index is 0.149. The highest BCUT2D eigenvalue weighted by atomic mass is 16.6. The van der Waals surface area contributed by atoms with Gasteiger partial charge in [0.1, 0.15) is 12.2 Å². The van der Waals surface area contributed by atoms with Gasteiger partial charge in [-0.3, -0.25) is 4.79 Å². The number of fused-ring (bicyclic) bond motifs is 2. The monoisotopic (exact) mass is 358 g/mol. The molecule has 2 aliphatic carbocycles. The Kier molecular flexibility index (Phi) is 2.97. The van der Waals surface area contributed by atoms with Crippen LogP contribution in [-0.4, -0.2) is 28.8 Å². The van der Waals surface area contributed by atoms with E-state index in [0.29, 0.717) is 19.3 Å². The van der Waals surface area contributed by atoms with E-state index in [1.165, 1.54) is 0 Å². The van der Waals surface area contributed by atoms with Gasteiger partial charge in [-0.2, -0.15) is 0 Å². The summed E-state index contributed by atoms with van der Waals surface area (Å²) in [6, 6.07) is 1.81. The molecule has 3 fully saturated rings. The van der Waals surface area contributed by atoms with Crippen LogP contribution in [0.5, 0.6) is 0 Å². The van der Waals surface area contributed by atoms with Crippen LogP contribution in [0.3, 0.4) is 0 Å². The lowest BCUT2D eigenvalue weighted by Crippen LogP contribution is -2.72. The Morgan fingerprint density at radius 1 is 1.23 bits per heavy atom. The number of rotatable bonds is 1. The first-order valence-electron chi connectivity index (χ1n) is 9.15. The zero-order valence-corrected chi connectivity index (χ0v) is 14.8. The molecule has 1 aromatic heterocycles. The number of cyclic esters (lactones) is 1. The maximum atomic E-state index is 12.8. The average Bonchev–Trinajstić information content (AvgIpc) is 3.10. The molecule has 2 unspecified atom stereocenters. The zero-order chi connectivity index (χ0) is 18.3. The van der Waals surface area contributed by atoms with E-state index >= 15 is 0 Å². The van der Waals surface area contributed by atoms with Gasteiger partial charge in [0.2, 0.25) is 0 Å². The summed E-state index contributed by atoms with van der Waals surface area (Å²) in [5.41, 5.74) is -1.91. The first-order chi connectivity index (χ1) is 12.3. The lowest BCUT2D eigenvalue weighted by Gasteiger charge is -2.65. The Bertz CT molecular complexity index is 812. The second-order valence-corrected chi connectivity index (χ2v) is 8.67. The molecule has 6 nitrogen and oxygen atoms in total. The molecule has 2 saturated heterocycles. The van der Waals surface area contributed by atoms with Gasteiger partial charge in [0.15, 0.2) is 5.60 Å². The van der Waals surface area contributed by atoms with Crippen molar-refractivity contribution in [2.75, 3.05) is 0 Å². The van der Waals surface area contributed by atoms with Crippen molar-refractivity contribution in [3.05, 3.63) is 36.3 Å². The zero-order valence-electron chi connectivity index (χ0n) is 14.8. The normalized spacial score (nSPS) is 49.2. The number of furan rings is 1. The van der Waals surface area contributed by atoms with Crippen molar-refractivity contribution in [2.45, 2.75) is 50.9 Å². The third-order valence-electron chi connectivity index (χ3n) is 7.51. The molecule has 4 heterocycles. The van der Waals surface area contributed by atoms with Crippen molar-refractivity contribution in [1.29, 1.82) is 0 Å². The molecule has 138 valence electrons. The van der Waals surface area contributed by atoms with E-state index in [1.807, 2.05) is 13.0 Å². The minimum atomic E-state index is -1.63. The van der Waals surface area contributed by atoms with Gasteiger partial charge < -0.3 is 19.0 Å². The lowest BCUT2D eigenvalue weighted by atomic mass is 9.42. The molecule has 5 aliphatic rings. The summed E-state index contributed by atoms with van der Waals surface area (Å²) in [5, 5.41) is 11.2. The molecule has 1 N–H and O–H groups in total. The molecule has 6 heteroatoms. The second-order valence-electron chi connectivity index (χ2n) is 8.67. The SMILES string of the molecule is CC12CC[C@H]3C(=O)O[C@H](c4ccoc4)C[C@@]3(C)C1[C@H]1C=C[C@]2(O)C(=O)O1. The van der Waals surface area contributed by atoms with Crippen LogP contribution in [0, 0.1) is 22.7 Å². The summed E-state index contributed by atoms with van der Waals surface area (Å²) < 4.78 is 16.4. The molecule has 0 spiro atoms. The van der Waals surface area contributed by atoms with E-state index in [4.69, 9.17) is 13.9 Å². The van der Waals surface area contributed by atoms with Gasteiger partial charge in [-0.05, 0) is 42.9 Å². The maximum absolute atomic E-state index is 12.8. The Morgan fingerprint density at radius 2 is 2.04 bits per heavy atom. The predicted octanol–water partition coefficient (Wildman–Crippen LogP) is 2.53. The van der Waals surface area contributed by atoms with Gasteiger partial charge in [-0.25, -0.2) is 4.79 Å². The van der Waals surface area contributed by atoms with Crippen LogP contribution in [0.15, 0.2) is 35.2 Å². The Morgan fingerprint density at radius 3 is 2.73 bits per heavy atom. The largest absolute Gasteiger partial charge is 0.472 e. The summed E-state index contributed by atoms with van der Waals surface area (Å²) in [6.07, 6.45) is 7.52. The maximum Gasteiger partial charge on any atom is 0.343 e. The number of ether oxygens (including phenoxy) is 2. The molecular weight excluding hydrogens is 336 g/mol. The first kappa shape index (κ1) is 16.1. The summed E-state index contributed by atoms with van der Waals surface area (Å²) in [4.78, 5) is 25.2. The fourth-order valence-electron chi connectivity index (χ4n) is 6.16. The molecule has 0 aromatic carbocycles. The average molecular weight is 358 g/mol. The summed E-state index contributed by atoms with van der Waals surface area (Å²) in [5.74, 6) is -1.20. The van der Waals surface area contributed by atoms with Gasteiger partial charge in [0.25, 0.3) is 0 Å². The van der Waals surface area contributed by atoms with Gasteiger partial charge in [-0.1, -0.05) is 13.8 Å². The molecule has 2 bridgehead atoms. The van der Waals surface area contributed by atoms with Crippen LogP contribution in [0.1, 0.15) is 44.8 Å². The second kappa shape index (κ2) is 4.80. The number of carbonyl (C=O) groups excluding carboxylic acids is 2. The summed E-state index contributed by atoms with van der Waals surface area (Å²) in [7, 11) is 0. The van der Waals surface area contributed by atoms with Crippen molar-refractivity contribution in [2.24, 2.45) is 22.7 Å². The molecule has 1 aromatic rings. The molecule has 7 atom stereocenters. The van der Waals surface area contributed by atoms with Crippen LogP contribution in [0.2, 0.25) is 0 Å². The number of aliphatic hydroxyl groups is 1. The van der Waals surface area contributed by atoms with E-state index in [0.717, 1.165) is 5.56 Å². The third-order valence-corrected chi connectivity index (χ3v) is 7.51. The van der Waals surface area contributed by atoms with Gasteiger partial charge in [0, 0.05) is 16.9 Å². The van der Waals surface area contributed by atoms with Crippen LogP contribution in [-0.2, 0) is 19.1 Å². The Labute approximate surface area is 151 Å². The fourth-order valence-corrected chi connectivity index (χ4v) is 6.16. The van der Waals surface area contributed by atoms with E-state index in [1.54, 1.807) is 24.7 Å². The molecule has 0 radical (unpaired) electrons. The molecule has 26 heavy (non-hydrogen) atoms. The van der Waals surface area contributed by atoms with Crippen molar-refractivity contribution in [3.63, 3.8) is 0 Å². The standard InChI is InChI=1S/C20H22O6/c1-18-9-14(11-5-8-24-10-11)25-16(21)12(18)3-6-19(2)15(18)13-4-7-20(19,23)17(22)26-13/h4-5,7-8,10,12-15,23H,3,6,9H2,1-2H3/t12-,13+,14-,15?,18+,19?,20-/m0/s1. The van der Waals surface area contributed by atoms with E-state index in [-0.39, 0.29) is 23.9 Å².